The molecular weight excluding hydrogens is 585 g/mol. The number of methoxy groups -OCH3 is 1. The number of anilines is 1. The summed E-state index contributed by atoms with van der Waals surface area (Å²) < 4.78 is 33.8. The zero-order chi connectivity index (χ0) is 28.7. The molecule has 12 heteroatoms. The Labute approximate surface area is 243 Å². The van der Waals surface area contributed by atoms with Crippen LogP contribution in [0.1, 0.15) is 18.9 Å². The quantitative estimate of drug-likeness (QED) is 0.313. The van der Waals surface area contributed by atoms with Gasteiger partial charge in [0.2, 0.25) is 11.8 Å². The number of likely N-dealkylation sites (N-methyl/N-ethyl adjacent to an activating group) is 1. The minimum absolute atomic E-state index is 0.0438. The van der Waals surface area contributed by atoms with Crippen LogP contribution in [0.3, 0.4) is 0 Å². The number of carbonyl (C=O) groups is 2. The Kier molecular flexibility index (Phi) is 10.5. The second-order valence-electron chi connectivity index (χ2n) is 8.46. The van der Waals surface area contributed by atoms with Crippen LogP contribution in [0.4, 0.5) is 5.69 Å². The molecule has 39 heavy (non-hydrogen) atoms. The highest BCUT2D eigenvalue weighted by atomic mass is 35.5. The van der Waals surface area contributed by atoms with Crippen LogP contribution in [0.5, 0.6) is 5.75 Å². The van der Waals surface area contributed by atoms with Crippen LogP contribution in [-0.4, -0.2) is 51.9 Å². The van der Waals surface area contributed by atoms with E-state index in [1.165, 1.54) is 73.7 Å². The SMILES string of the molecule is CC[C@H](C(=O)NC)N(Cc1ccc(Cl)cc1Cl)C(=O)CN(c1ccc(Cl)cc1)S(=O)(=O)c1ccc(OC)cc1. The van der Waals surface area contributed by atoms with E-state index in [9.17, 15) is 18.0 Å². The normalized spacial score (nSPS) is 11.9. The molecule has 0 spiro atoms. The zero-order valence-electron chi connectivity index (χ0n) is 21.5. The van der Waals surface area contributed by atoms with Gasteiger partial charge in [0, 0.05) is 28.7 Å². The van der Waals surface area contributed by atoms with Crippen molar-refractivity contribution in [2.24, 2.45) is 0 Å². The van der Waals surface area contributed by atoms with Gasteiger partial charge in [-0.05, 0) is 72.6 Å². The van der Waals surface area contributed by atoms with Gasteiger partial charge >= 0.3 is 0 Å². The maximum atomic E-state index is 13.9. The fourth-order valence-electron chi connectivity index (χ4n) is 3.93. The van der Waals surface area contributed by atoms with Crippen molar-refractivity contribution >= 4 is 62.3 Å². The maximum Gasteiger partial charge on any atom is 0.264 e. The smallest absolute Gasteiger partial charge is 0.264 e. The van der Waals surface area contributed by atoms with Crippen molar-refractivity contribution in [2.75, 3.05) is 25.0 Å². The van der Waals surface area contributed by atoms with Gasteiger partial charge in [-0.3, -0.25) is 13.9 Å². The minimum Gasteiger partial charge on any atom is -0.497 e. The number of nitrogens with one attached hydrogen (secondary N) is 1. The van der Waals surface area contributed by atoms with Crippen molar-refractivity contribution < 1.29 is 22.7 Å². The molecule has 0 heterocycles. The summed E-state index contributed by atoms with van der Waals surface area (Å²) in [6.07, 6.45) is 0.281. The molecule has 0 saturated heterocycles. The number of nitrogens with zero attached hydrogens (tertiary/aromatic N) is 2. The first-order valence-electron chi connectivity index (χ1n) is 11.9. The summed E-state index contributed by atoms with van der Waals surface area (Å²) in [6, 6.07) is 15.8. The van der Waals surface area contributed by atoms with Crippen molar-refractivity contribution in [3.05, 3.63) is 87.4 Å². The largest absolute Gasteiger partial charge is 0.497 e. The number of benzene rings is 3. The molecule has 0 aliphatic carbocycles. The van der Waals surface area contributed by atoms with E-state index in [1.807, 2.05) is 0 Å². The van der Waals surface area contributed by atoms with Crippen molar-refractivity contribution in [1.29, 1.82) is 0 Å². The average Bonchev–Trinajstić information content (AvgIpc) is 2.93. The van der Waals surface area contributed by atoms with Crippen LogP contribution in [-0.2, 0) is 26.2 Å². The fraction of sp³-hybridized carbons (Fsp3) is 0.259. The molecule has 0 aromatic heterocycles. The van der Waals surface area contributed by atoms with Gasteiger partial charge in [-0.2, -0.15) is 0 Å². The molecule has 0 fully saturated rings. The van der Waals surface area contributed by atoms with Gasteiger partial charge in [0.1, 0.15) is 18.3 Å². The van der Waals surface area contributed by atoms with Gasteiger partial charge < -0.3 is 15.0 Å². The van der Waals surface area contributed by atoms with Crippen molar-refractivity contribution in [3.63, 3.8) is 0 Å². The molecule has 2 amide bonds. The highest BCUT2D eigenvalue weighted by Crippen LogP contribution is 2.28. The lowest BCUT2D eigenvalue weighted by Gasteiger charge is -2.33. The molecule has 3 aromatic rings. The topological polar surface area (TPSA) is 96.0 Å². The monoisotopic (exact) mass is 611 g/mol. The van der Waals surface area contributed by atoms with E-state index in [-0.39, 0.29) is 23.5 Å². The number of sulfonamides is 1. The lowest BCUT2D eigenvalue weighted by atomic mass is 10.1. The Morgan fingerprint density at radius 1 is 0.949 bits per heavy atom. The molecule has 3 aromatic carbocycles. The van der Waals surface area contributed by atoms with Gasteiger partial charge in [-0.25, -0.2) is 8.42 Å². The van der Waals surface area contributed by atoms with E-state index >= 15 is 0 Å². The molecule has 1 atom stereocenters. The van der Waals surface area contributed by atoms with E-state index < -0.39 is 34.4 Å². The molecule has 0 radical (unpaired) electrons. The van der Waals surface area contributed by atoms with E-state index in [0.29, 0.717) is 26.4 Å². The third-order valence-corrected chi connectivity index (χ3v) is 8.66. The van der Waals surface area contributed by atoms with Crippen LogP contribution in [0.25, 0.3) is 0 Å². The number of hydrogen-bond acceptors (Lipinski definition) is 5. The second-order valence-corrected chi connectivity index (χ2v) is 11.6. The van der Waals surface area contributed by atoms with Gasteiger partial charge in [0.25, 0.3) is 10.0 Å². The number of amides is 2. The summed E-state index contributed by atoms with van der Waals surface area (Å²) >= 11 is 18.5. The van der Waals surface area contributed by atoms with Crippen LogP contribution in [0.15, 0.2) is 71.6 Å². The van der Waals surface area contributed by atoms with Crippen molar-refractivity contribution in [3.8, 4) is 5.75 Å². The summed E-state index contributed by atoms with van der Waals surface area (Å²) in [7, 11) is -1.28. The molecule has 8 nitrogen and oxygen atoms in total. The highest BCUT2D eigenvalue weighted by Gasteiger charge is 2.33. The summed E-state index contributed by atoms with van der Waals surface area (Å²) in [5.41, 5.74) is 0.772. The van der Waals surface area contributed by atoms with Crippen molar-refractivity contribution in [2.45, 2.75) is 30.8 Å². The molecule has 3 rings (SSSR count). The molecule has 0 bridgehead atoms. The lowest BCUT2D eigenvalue weighted by molar-refractivity contribution is -0.140. The van der Waals surface area contributed by atoms with Gasteiger partial charge in [0.05, 0.1) is 17.7 Å². The zero-order valence-corrected chi connectivity index (χ0v) is 24.6. The number of ether oxygens (including phenoxy) is 1. The van der Waals surface area contributed by atoms with Crippen LogP contribution in [0, 0.1) is 0 Å². The Balaban J connectivity index is 2.07. The second kappa shape index (κ2) is 13.4. The van der Waals surface area contributed by atoms with Gasteiger partial charge in [-0.1, -0.05) is 47.8 Å². The molecule has 0 aliphatic rings. The van der Waals surface area contributed by atoms with Gasteiger partial charge in [0.15, 0.2) is 0 Å². The summed E-state index contributed by atoms with van der Waals surface area (Å²) in [5.74, 6) is -0.527. The molecule has 0 unspecified atom stereocenters. The molecular formula is C27H28Cl3N3O5S. The Bertz CT molecular complexity index is 1420. The lowest BCUT2D eigenvalue weighted by Crippen LogP contribution is -2.51. The van der Waals surface area contributed by atoms with Crippen LogP contribution >= 0.6 is 34.8 Å². The first-order valence-corrected chi connectivity index (χ1v) is 14.5. The fourth-order valence-corrected chi connectivity index (χ4v) is 5.94. The predicted octanol–water partition coefficient (Wildman–Crippen LogP) is 5.40. The molecule has 0 saturated carbocycles. The Morgan fingerprint density at radius 2 is 1.56 bits per heavy atom. The van der Waals surface area contributed by atoms with Gasteiger partial charge in [-0.15, -0.1) is 0 Å². The Morgan fingerprint density at radius 3 is 2.10 bits per heavy atom. The van der Waals surface area contributed by atoms with E-state index in [0.717, 1.165) is 4.31 Å². The number of hydrogen-bond donors (Lipinski definition) is 1. The summed E-state index contributed by atoms with van der Waals surface area (Å²) in [6.45, 7) is 1.13. The number of halogens is 3. The van der Waals surface area contributed by atoms with Crippen LogP contribution in [0.2, 0.25) is 15.1 Å². The first kappa shape index (κ1) is 30.6. The molecule has 208 valence electrons. The number of carbonyl (C=O) groups excluding carboxylic acids is 2. The summed E-state index contributed by atoms with van der Waals surface area (Å²) in [5, 5.41) is 3.70. The predicted molar refractivity (Wildman–Crippen MR) is 154 cm³/mol. The highest BCUT2D eigenvalue weighted by molar-refractivity contribution is 7.92. The third kappa shape index (κ3) is 7.36. The first-order chi connectivity index (χ1) is 18.5. The molecule has 0 aliphatic heterocycles. The van der Waals surface area contributed by atoms with E-state index in [2.05, 4.69) is 5.32 Å². The van der Waals surface area contributed by atoms with Crippen LogP contribution < -0.4 is 14.4 Å². The Hall–Kier alpha value is -2.98. The number of rotatable bonds is 11. The summed E-state index contributed by atoms with van der Waals surface area (Å²) in [4.78, 5) is 27.9. The minimum atomic E-state index is -4.22. The third-order valence-electron chi connectivity index (χ3n) is 6.03. The van der Waals surface area contributed by atoms with Crippen molar-refractivity contribution in [1.82, 2.24) is 10.2 Å². The maximum absolute atomic E-state index is 13.9. The molecule has 1 N–H and O–H groups in total. The standard InChI is InChI=1S/C27H28Cl3N3O5S/c1-4-25(27(35)31-2)32(16-18-5-6-20(29)15-24(18)30)26(34)17-33(21-9-7-19(28)8-10-21)39(36,37)23-13-11-22(38-3)12-14-23/h5-15,25H,4,16-17H2,1-3H3,(H,31,35)/t25-/m1/s1. The average molecular weight is 613 g/mol. The van der Waals surface area contributed by atoms with E-state index in [1.54, 1.807) is 19.1 Å². The van der Waals surface area contributed by atoms with E-state index in [4.69, 9.17) is 39.5 Å².